The second-order valence-electron chi connectivity index (χ2n) is 12.3. The molecule has 0 saturated heterocycles. The van der Waals surface area contributed by atoms with Gasteiger partial charge in [0.05, 0.1) is 5.69 Å². The van der Waals surface area contributed by atoms with Crippen molar-refractivity contribution < 1.29 is 4.79 Å². The molecule has 4 aromatic carbocycles. The van der Waals surface area contributed by atoms with Crippen LogP contribution in [0.25, 0.3) is 0 Å². The molecule has 0 radical (unpaired) electrons. The number of hydrogen-bond acceptors (Lipinski definition) is 2. The summed E-state index contributed by atoms with van der Waals surface area (Å²) < 4.78 is 0. The zero-order valence-electron chi connectivity index (χ0n) is 26.6. The fourth-order valence-electron chi connectivity index (χ4n) is 6.93. The standard InChI is InChI=1S/C40H49N2OP/c1-3-34-22-21-23-35(32-34)42-40(43)39(33(2)41-42)30-19-8-6-4-5-7-9-20-31-44(36-24-13-10-14-25-36,37-26-15-11-16-27-37)38-28-17-12-18-29-38/h10-18,21-29,32,39,44H,3-9,19-20,30-31H2,1-2H3. The number of aryl methyl sites for hydroxylation is 1. The molecule has 5 rings (SSSR count). The second kappa shape index (κ2) is 16.0. The average molecular weight is 605 g/mol. The van der Waals surface area contributed by atoms with E-state index in [9.17, 15) is 4.79 Å². The molecule has 3 nitrogen and oxygen atoms in total. The molecular weight excluding hydrogens is 555 g/mol. The smallest absolute Gasteiger partial charge is 0.272 e. The molecule has 0 spiro atoms. The van der Waals surface area contributed by atoms with Gasteiger partial charge in [0, 0.05) is 0 Å². The second-order valence-corrected chi connectivity index (χ2v) is 16.4. The maximum atomic E-state index is 13.1. The van der Waals surface area contributed by atoms with E-state index in [2.05, 4.69) is 115 Å². The molecule has 4 aromatic rings. The molecule has 1 aliphatic heterocycles. The Kier molecular flexibility index (Phi) is 11.6. The van der Waals surface area contributed by atoms with Crippen LogP contribution in [-0.4, -0.2) is 17.8 Å². The molecule has 1 aliphatic rings. The van der Waals surface area contributed by atoms with Gasteiger partial charge in [0.1, 0.15) is 0 Å². The molecule has 1 unspecified atom stereocenters. The summed E-state index contributed by atoms with van der Waals surface area (Å²) in [6, 6.07) is 42.0. The maximum absolute atomic E-state index is 13.1. The number of hydrazone groups is 1. The van der Waals surface area contributed by atoms with Crippen molar-refractivity contribution in [2.24, 2.45) is 11.0 Å². The number of unbranched alkanes of at least 4 members (excludes halogenated alkanes) is 7. The average Bonchev–Trinajstić information content (AvgIpc) is 3.37. The number of benzene rings is 4. The molecule has 1 heterocycles. The third-order valence-electron chi connectivity index (χ3n) is 9.43. The Morgan fingerprint density at radius 2 is 1.14 bits per heavy atom. The number of rotatable bonds is 16. The molecule has 4 heteroatoms. The van der Waals surface area contributed by atoms with Gasteiger partial charge in [-0.1, -0.05) is 19.1 Å². The van der Waals surface area contributed by atoms with Gasteiger partial charge in [-0.25, -0.2) is 5.01 Å². The van der Waals surface area contributed by atoms with Crippen LogP contribution in [0.3, 0.4) is 0 Å². The van der Waals surface area contributed by atoms with Crippen LogP contribution in [0.1, 0.15) is 77.2 Å². The summed E-state index contributed by atoms with van der Waals surface area (Å²) in [7, 11) is -2.11. The van der Waals surface area contributed by atoms with Crippen LogP contribution < -0.4 is 20.9 Å². The van der Waals surface area contributed by atoms with Crippen molar-refractivity contribution in [1.82, 2.24) is 0 Å². The van der Waals surface area contributed by atoms with Gasteiger partial charge in [0.2, 0.25) is 0 Å². The normalized spacial score (nSPS) is 15.4. The third-order valence-corrected chi connectivity index (χ3v) is 14.5. The quantitative estimate of drug-likeness (QED) is 0.0929. The Hall–Kier alpha value is -3.55. The van der Waals surface area contributed by atoms with Gasteiger partial charge in [-0.05, 0) is 31.0 Å². The molecule has 0 aromatic heterocycles. The van der Waals surface area contributed by atoms with Crippen molar-refractivity contribution in [3.63, 3.8) is 0 Å². The number of carbonyl (C=O) groups is 1. The molecular formula is C40H49N2OP. The van der Waals surface area contributed by atoms with E-state index in [1.165, 1.54) is 72.6 Å². The van der Waals surface area contributed by atoms with E-state index in [1.807, 2.05) is 19.1 Å². The number of hydrogen-bond donors (Lipinski definition) is 0. The summed E-state index contributed by atoms with van der Waals surface area (Å²) in [5.41, 5.74) is 3.09. The van der Waals surface area contributed by atoms with Crippen molar-refractivity contribution in [2.45, 2.75) is 78.1 Å². The minimum atomic E-state index is -2.11. The van der Waals surface area contributed by atoms with Gasteiger partial charge in [-0.3, -0.25) is 4.79 Å². The predicted molar refractivity (Wildman–Crippen MR) is 193 cm³/mol. The van der Waals surface area contributed by atoms with Gasteiger partial charge >= 0.3 is 196 Å². The first-order valence-corrected chi connectivity index (χ1v) is 19.0. The van der Waals surface area contributed by atoms with Crippen LogP contribution in [0.15, 0.2) is 120 Å². The van der Waals surface area contributed by atoms with Crippen molar-refractivity contribution in [3.8, 4) is 0 Å². The number of amides is 1. The molecule has 0 N–H and O–H groups in total. The van der Waals surface area contributed by atoms with E-state index < -0.39 is 7.26 Å². The summed E-state index contributed by atoms with van der Waals surface area (Å²) in [6.07, 6.45) is 13.0. The van der Waals surface area contributed by atoms with Crippen LogP contribution in [-0.2, 0) is 11.2 Å². The summed E-state index contributed by atoms with van der Waals surface area (Å²) in [4.78, 5) is 13.1. The molecule has 0 aliphatic carbocycles. The van der Waals surface area contributed by atoms with Crippen LogP contribution >= 0.6 is 7.26 Å². The molecule has 1 atom stereocenters. The molecule has 0 fully saturated rings. The van der Waals surface area contributed by atoms with E-state index in [4.69, 9.17) is 0 Å². The zero-order valence-corrected chi connectivity index (χ0v) is 27.6. The van der Waals surface area contributed by atoms with E-state index in [0.29, 0.717) is 0 Å². The summed E-state index contributed by atoms with van der Waals surface area (Å²) in [5.74, 6) is 0.0699. The number of carbonyl (C=O) groups excluding carboxylic acids is 1. The van der Waals surface area contributed by atoms with Gasteiger partial charge in [-0.2, -0.15) is 5.10 Å². The van der Waals surface area contributed by atoms with Crippen LogP contribution in [0.2, 0.25) is 0 Å². The Bertz CT molecular complexity index is 1390. The fourth-order valence-corrected chi connectivity index (χ4v) is 11.9. The van der Waals surface area contributed by atoms with Crippen LogP contribution in [0.4, 0.5) is 5.69 Å². The van der Waals surface area contributed by atoms with Crippen LogP contribution in [0, 0.1) is 5.92 Å². The first kappa shape index (κ1) is 31.9. The number of nitrogens with zero attached hydrogens (tertiary/aromatic N) is 2. The minimum Gasteiger partial charge on any atom is -0.272 e. The van der Waals surface area contributed by atoms with E-state index in [-0.39, 0.29) is 11.8 Å². The van der Waals surface area contributed by atoms with Gasteiger partial charge < -0.3 is 0 Å². The van der Waals surface area contributed by atoms with Gasteiger partial charge in [0.25, 0.3) is 0 Å². The van der Waals surface area contributed by atoms with Crippen molar-refractivity contribution in [1.29, 1.82) is 0 Å². The first-order valence-electron chi connectivity index (χ1n) is 16.8. The molecule has 0 bridgehead atoms. The third kappa shape index (κ3) is 7.56. The summed E-state index contributed by atoms with van der Waals surface area (Å²) >= 11 is 0. The summed E-state index contributed by atoms with van der Waals surface area (Å²) in [6.45, 7) is 4.15. The Morgan fingerprint density at radius 1 is 0.636 bits per heavy atom. The minimum absolute atomic E-state index is 0.0661. The Labute approximate surface area is 265 Å². The Balaban J connectivity index is 1.07. The topological polar surface area (TPSA) is 32.7 Å². The Morgan fingerprint density at radius 3 is 1.66 bits per heavy atom. The monoisotopic (exact) mass is 604 g/mol. The summed E-state index contributed by atoms with van der Waals surface area (Å²) in [5, 5.41) is 10.8. The van der Waals surface area contributed by atoms with Crippen molar-refractivity contribution >= 4 is 40.5 Å². The molecule has 0 saturated carbocycles. The van der Waals surface area contributed by atoms with E-state index in [1.54, 1.807) is 5.01 Å². The van der Waals surface area contributed by atoms with E-state index >= 15 is 0 Å². The SMILES string of the molecule is CCc1cccc(N2N=C(C)C(CCCCCCCCCC[PH](c3ccccc3)(c3ccccc3)c3ccccc3)C2=O)c1. The molecule has 230 valence electrons. The van der Waals surface area contributed by atoms with Gasteiger partial charge in [0.15, 0.2) is 0 Å². The molecule has 1 amide bonds. The fraction of sp³-hybridized carbons (Fsp3) is 0.350. The van der Waals surface area contributed by atoms with E-state index in [0.717, 1.165) is 30.7 Å². The van der Waals surface area contributed by atoms with Crippen molar-refractivity contribution in [3.05, 3.63) is 121 Å². The zero-order chi connectivity index (χ0) is 30.6. The predicted octanol–water partition coefficient (Wildman–Crippen LogP) is 8.83. The molecule has 44 heavy (non-hydrogen) atoms. The first-order chi connectivity index (χ1) is 21.6. The van der Waals surface area contributed by atoms with Crippen molar-refractivity contribution in [2.75, 3.05) is 11.2 Å². The van der Waals surface area contributed by atoms with Gasteiger partial charge in [-0.15, -0.1) is 0 Å². The van der Waals surface area contributed by atoms with Crippen LogP contribution in [0.5, 0.6) is 0 Å². The number of anilines is 1.